The van der Waals surface area contributed by atoms with Gasteiger partial charge in [0.05, 0.1) is 42.1 Å². The third-order valence-electron chi connectivity index (χ3n) is 5.02. The molecule has 0 radical (unpaired) electrons. The van der Waals surface area contributed by atoms with Crippen molar-refractivity contribution in [1.29, 1.82) is 0 Å². The molecular weight excluding hydrogens is 392 g/mol. The molecule has 4 rings (SSSR count). The van der Waals surface area contributed by atoms with Gasteiger partial charge in [-0.15, -0.1) is 0 Å². The summed E-state index contributed by atoms with van der Waals surface area (Å²) in [5, 5.41) is -0.00568. The average Bonchev–Trinajstić information content (AvgIpc) is 3.36. The zero-order valence-corrected chi connectivity index (χ0v) is 16.9. The number of fused-ring (bicyclic) bond motifs is 1. The molecule has 0 aliphatic carbocycles. The predicted octanol–water partition coefficient (Wildman–Crippen LogP) is 2.98. The maximum atomic E-state index is 13.2. The van der Waals surface area contributed by atoms with E-state index >= 15 is 0 Å². The molecule has 0 unspecified atom stereocenters. The number of benzene rings is 2. The maximum absolute atomic E-state index is 13.2. The number of imidazole rings is 1. The fraction of sp³-hybridized carbons (Fsp3) is 0.333. The van der Waals surface area contributed by atoms with Crippen LogP contribution in [0.1, 0.15) is 28.8 Å². The minimum absolute atomic E-state index is 0.00568. The zero-order chi connectivity index (χ0) is 20.4. The highest BCUT2D eigenvalue weighted by molar-refractivity contribution is 7.90. The molecule has 1 atom stereocenters. The Balaban J connectivity index is 1.81. The maximum Gasteiger partial charge on any atom is 0.337 e. The Bertz CT molecular complexity index is 1130. The quantitative estimate of drug-likeness (QED) is 0.576. The molecule has 2 heterocycles. The molecule has 0 spiro atoms. The normalized spacial score (nSPS) is 16.9. The second-order valence-corrected chi connectivity index (χ2v) is 8.96. The molecule has 0 bridgehead atoms. The van der Waals surface area contributed by atoms with Crippen molar-refractivity contribution in [2.75, 3.05) is 13.7 Å². The lowest BCUT2D eigenvalue weighted by Gasteiger charge is -2.14. The van der Waals surface area contributed by atoms with Crippen LogP contribution >= 0.6 is 0 Å². The van der Waals surface area contributed by atoms with Crippen LogP contribution in [0.4, 0.5) is 0 Å². The largest absolute Gasteiger partial charge is 0.465 e. The van der Waals surface area contributed by atoms with Crippen molar-refractivity contribution in [2.45, 2.75) is 36.4 Å². The van der Waals surface area contributed by atoms with Gasteiger partial charge in [0, 0.05) is 6.61 Å². The number of hydrogen-bond acceptors (Lipinski definition) is 6. The topological polar surface area (TPSA) is 87.5 Å². The number of nitrogens with zero attached hydrogens (tertiary/aromatic N) is 2. The summed E-state index contributed by atoms with van der Waals surface area (Å²) in [7, 11) is -2.39. The first-order valence-corrected chi connectivity index (χ1v) is 11.1. The van der Waals surface area contributed by atoms with Gasteiger partial charge in [0.15, 0.2) is 0 Å². The molecule has 3 aromatic rings. The van der Waals surface area contributed by atoms with E-state index < -0.39 is 15.8 Å². The average molecular weight is 414 g/mol. The summed E-state index contributed by atoms with van der Waals surface area (Å²) in [6, 6.07) is 13.9. The van der Waals surface area contributed by atoms with Crippen molar-refractivity contribution in [3.63, 3.8) is 0 Å². The molecule has 2 aromatic carbocycles. The number of aromatic nitrogens is 2. The lowest BCUT2D eigenvalue weighted by Crippen LogP contribution is -2.20. The third-order valence-corrected chi connectivity index (χ3v) is 6.60. The van der Waals surface area contributed by atoms with Gasteiger partial charge in [0.2, 0.25) is 15.0 Å². The number of sulfone groups is 1. The minimum Gasteiger partial charge on any atom is -0.465 e. The molecule has 152 valence electrons. The molecular formula is C21H22N2O5S. The molecule has 0 saturated carbocycles. The number of esters is 1. The standard InChI is InChI=1S/C21H22N2O5S/c1-27-20(24)16-9-10-18-19(12-16)23(13-17-8-5-11-28-17)21(22-18)29(25,26)14-15-6-3-2-4-7-15/h2-4,6-7,9-10,12,17H,5,8,11,13-14H2,1H3/t17-/m0/s1. The zero-order valence-electron chi connectivity index (χ0n) is 16.1. The van der Waals surface area contributed by atoms with E-state index in [1.165, 1.54) is 7.11 Å². The highest BCUT2D eigenvalue weighted by atomic mass is 32.2. The van der Waals surface area contributed by atoms with Crippen LogP contribution in [0.3, 0.4) is 0 Å². The fourth-order valence-corrected chi connectivity index (χ4v) is 5.12. The third kappa shape index (κ3) is 4.04. The lowest BCUT2D eigenvalue weighted by molar-refractivity contribution is 0.0601. The first kappa shape index (κ1) is 19.6. The Hall–Kier alpha value is -2.71. The van der Waals surface area contributed by atoms with Gasteiger partial charge < -0.3 is 14.0 Å². The number of hydrogen-bond donors (Lipinski definition) is 0. The van der Waals surface area contributed by atoms with E-state index in [4.69, 9.17) is 9.47 Å². The van der Waals surface area contributed by atoms with Crippen molar-refractivity contribution in [3.05, 3.63) is 59.7 Å². The number of methoxy groups -OCH3 is 1. The summed E-state index contributed by atoms with van der Waals surface area (Å²) in [6.07, 6.45) is 1.71. The first-order valence-electron chi connectivity index (χ1n) is 9.45. The van der Waals surface area contributed by atoms with E-state index in [2.05, 4.69) is 4.98 Å². The molecule has 29 heavy (non-hydrogen) atoms. The van der Waals surface area contributed by atoms with Gasteiger partial charge in [0.25, 0.3) is 0 Å². The Kier molecular flexibility index (Phi) is 5.38. The highest BCUT2D eigenvalue weighted by Gasteiger charge is 2.27. The van der Waals surface area contributed by atoms with Crippen molar-refractivity contribution in [3.8, 4) is 0 Å². The molecule has 1 fully saturated rings. The minimum atomic E-state index is -3.71. The van der Waals surface area contributed by atoms with Crippen LogP contribution in [0.2, 0.25) is 0 Å². The summed E-state index contributed by atoms with van der Waals surface area (Å²) < 4.78 is 38.6. The number of rotatable bonds is 6. The van der Waals surface area contributed by atoms with Crippen molar-refractivity contribution < 1.29 is 22.7 Å². The van der Waals surface area contributed by atoms with Gasteiger partial charge in [0.1, 0.15) is 0 Å². The fourth-order valence-electron chi connectivity index (χ4n) is 3.61. The van der Waals surface area contributed by atoms with Gasteiger partial charge >= 0.3 is 5.97 Å². The van der Waals surface area contributed by atoms with Crippen LogP contribution in [0.15, 0.2) is 53.7 Å². The van der Waals surface area contributed by atoms with Crippen LogP contribution in [0.5, 0.6) is 0 Å². The van der Waals surface area contributed by atoms with E-state index in [9.17, 15) is 13.2 Å². The molecule has 7 nitrogen and oxygen atoms in total. The van der Waals surface area contributed by atoms with Crippen LogP contribution in [-0.2, 0) is 31.6 Å². The van der Waals surface area contributed by atoms with Crippen LogP contribution < -0.4 is 0 Å². The smallest absolute Gasteiger partial charge is 0.337 e. The summed E-state index contributed by atoms with van der Waals surface area (Å²) >= 11 is 0. The Morgan fingerprint density at radius 2 is 2.03 bits per heavy atom. The van der Waals surface area contributed by atoms with Crippen LogP contribution in [0, 0.1) is 0 Å². The molecule has 1 aromatic heterocycles. The summed E-state index contributed by atoms with van der Waals surface area (Å²) in [5.41, 5.74) is 2.14. The van der Waals surface area contributed by atoms with E-state index in [1.54, 1.807) is 34.9 Å². The number of carbonyl (C=O) groups is 1. The summed E-state index contributed by atoms with van der Waals surface area (Å²) in [4.78, 5) is 16.4. The van der Waals surface area contributed by atoms with Gasteiger partial charge in [-0.1, -0.05) is 30.3 Å². The van der Waals surface area contributed by atoms with E-state index in [1.807, 2.05) is 18.2 Å². The van der Waals surface area contributed by atoms with Crippen molar-refractivity contribution in [2.24, 2.45) is 0 Å². The number of ether oxygens (including phenoxy) is 2. The second-order valence-electron chi connectivity index (χ2n) is 7.08. The van der Waals surface area contributed by atoms with Crippen LogP contribution in [0.25, 0.3) is 11.0 Å². The molecule has 1 saturated heterocycles. The van der Waals surface area contributed by atoms with Gasteiger partial charge in [-0.05, 0) is 36.6 Å². The molecule has 0 amide bonds. The molecule has 1 aliphatic rings. The van der Waals surface area contributed by atoms with Gasteiger partial charge in [-0.2, -0.15) is 0 Å². The molecule has 8 heteroatoms. The monoisotopic (exact) mass is 414 g/mol. The van der Waals surface area contributed by atoms with Gasteiger partial charge in [-0.3, -0.25) is 0 Å². The lowest BCUT2D eigenvalue weighted by atomic mass is 10.2. The van der Waals surface area contributed by atoms with Crippen LogP contribution in [-0.4, -0.2) is 43.8 Å². The summed E-state index contributed by atoms with van der Waals surface area (Å²) in [6.45, 7) is 1.03. The summed E-state index contributed by atoms with van der Waals surface area (Å²) in [5.74, 6) is -0.627. The van der Waals surface area contributed by atoms with Crippen molar-refractivity contribution >= 4 is 26.8 Å². The first-order chi connectivity index (χ1) is 14.0. The van der Waals surface area contributed by atoms with E-state index in [0.717, 1.165) is 12.8 Å². The van der Waals surface area contributed by atoms with Gasteiger partial charge in [-0.25, -0.2) is 18.2 Å². The van der Waals surface area contributed by atoms with E-state index in [-0.39, 0.29) is 17.0 Å². The Morgan fingerprint density at radius 3 is 2.72 bits per heavy atom. The molecule has 0 N–H and O–H groups in total. The predicted molar refractivity (Wildman–Crippen MR) is 107 cm³/mol. The molecule has 1 aliphatic heterocycles. The second kappa shape index (κ2) is 7.96. The number of carbonyl (C=O) groups excluding carboxylic acids is 1. The Morgan fingerprint density at radius 1 is 1.24 bits per heavy atom. The van der Waals surface area contributed by atoms with Crippen molar-refractivity contribution in [1.82, 2.24) is 9.55 Å². The Labute approximate surface area is 169 Å². The van der Waals surface area contributed by atoms with E-state index in [0.29, 0.717) is 35.3 Å². The highest BCUT2D eigenvalue weighted by Crippen LogP contribution is 2.26. The SMILES string of the molecule is COC(=O)c1ccc2nc(S(=O)(=O)Cc3ccccc3)n(C[C@@H]3CCCO3)c2c1.